The summed E-state index contributed by atoms with van der Waals surface area (Å²) in [6, 6.07) is 14.0. The molecule has 0 bridgehead atoms. The average Bonchev–Trinajstić information content (AvgIpc) is 3.27. The molecule has 3 rings (SSSR count). The lowest BCUT2D eigenvalue weighted by atomic mass is 10.0. The molecule has 0 atom stereocenters. The summed E-state index contributed by atoms with van der Waals surface area (Å²) < 4.78 is 36.3. The topological polar surface area (TPSA) is 129 Å². The van der Waals surface area contributed by atoms with Crippen molar-refractivity contribution >= 4 is 38.4 Å². The lowest BCUT2D eigenvalue weighted by Gasteiger charge is -2.24. The van der Waals surface area contributed by atoms with Gasteiger partial charge >= 0.3 is 0 Å². The summed E-state index contributed by atoms with van der Waals surface area (Å²) in [5.74, 6) is 0.687. The number of nitrogens with one attached hydrogen (secondary N) is 1. The van der Waals surface area contributed by atoms with Crippen LogP contribution in [0.1, 0.15) is 18.1 Å². The summed E-state index contributed by atoms with van der Waals surface area (Å²) in [7, 11) is 3.00. The molecule has 0 unspecified atom stereocenters. The number of quaternary nitrogens is 1. The average molecular weight is 521 g/mol. The van der Waals surface area contributed by atoms with Crippen LogP contribution in [0, 0.1) is 6.92 Å². The molecule has 2 aromatic carbocycles. The molecule has 0 aliphatic carbocycles. The lowest BCUT2D eigenvalue weighted by Crippen LogP contribution is -2.38. The largest absolute Gasteiger partial charge is 0.726 e. The number of likely N-dealkylation sites (N-methyl/N-ethyl adjacent to an activating group) is 1. The predicted octanol–water partition coefficient (Wildman–Crippen LogP) is 4.70. The van der Waals surface area contributed by atoms with Crippen LogP contribution in [0.4, 0.5) is 16.5 Å². The highest BCUT2D eigenvalue weighted by molar-refractivity contribution is 7.80. The van der Waals surface area contributed by atoms with Crippen molar-refractivity contribution in [3.05, 3.63) is 53.6 Å². The van der Waals surface area contributed by atoms with Crippen LogP contribution in [0.15, 0.2) is 52.7 Å². The zero-order chi connectivity index (χ0) is 26.1. The first kappa shape index (κ1) is 28.5. The summed E-state index contributed by atoms with van der Waals surface area (Å²) >= 11 is 1.26. The Bertz CT molecular complexity index is 1220. The second-order valence-electron chi connectivity index (χ2n) is 8.57. The first-order valence-corrected chi connectivity index (χ1v) is 13.0. The van der Waals surface area contributed by atoms with Gasteiger partial charge < -0.3 is 14.4 Å². The van der Waals surface area contributed by atoms with E-state index in [0.717, 1.165) is 47.9 Å². The fourth-order valence-electron chi connectivity index (χ4n) is 3.06. The lowest BCUT2D eigenvalue weighted by molar-refractivity contribution is -0.868. The highest BCUT2D eigenvalue weighted by Crippen LogP contribution is 2.31. The third-order valence-electron chi connectivity index (χ3n) is 4.92. The Hall–Kier alpha value is -2.77. The minimum atomic E-state index is -4.41. The minimum absolute atomic E-state index is 0.562. The van der Waals surface area contributed by atoms with Crippen LogP contribution >= 0.6 is 11.5 Å². The number of anilines is 1. The Balaban J connectivity index is 0.000000641. The van der Waals surface area contributed by atoms with Gasteiger partial charge in [-0.15, -0.1) is 10.2 Å². The van der Waals surface area contributed by atoms with Gasteiger partial charge in [-0.2, -0.15) is 9.36 Å². The van der Waals surface area contributed by atoms with Gasteiger partial charge in [-0.3, -0.25) is 4.18 Å². The molecule has 1 N–H and O–H groups in total. The van der Waals surface area contributed by atoms with Crippen molar-refractivity contribution in [3.63, 3.8) is 0 Å². The molecule has 10 nitrogen and oxygen atoms in total. The number of hydrogen-bond donors (Lipinski definition) is 1. The molecule has 0 radical (unpaired) electrons. The van der Waals surface area contributed by atoms with E-state index in [0.29, 0.717) is 11.0 Å². The number of aromatic nitrogens is 2. The second kappa shape index (κ2) is 12.8. The fraction of sp³-hybridized carbons (Fsp3) is 0.391. The molecule has 0 aliphatic heterocycles. The van der Waals surface area contributed by atoms with Crippen LogP contribution in [0.3, 0.4) is 0 Å². The van der Waals surface area contributed by atoms with Gasteiger partial charge in [0.25, 0.3) is 0 Å². The molecule has 0 saturated carbocycles. The van der Waals surface area contributed by atoms with Crippen molar-refractivity contribution in [2.24, 2.45) is 10.2 Å². The number of nitrogens with zero attached hydrogens (tertiary/aromatic N) is 5. The van der Waals surface area contributed by atoms with Crippen molar-refractivity contribution in [1.29, 1.82) is 0 Å². The summed E-state index contributed by atoms with van der Waals surface area (Å²) in [6.07, 6.45) is 0.943. The van der Waals surface area contributed by atoms with Gasteiger partial charge in [0.1, 0.15) is 0 Å². The number of rotatable bonds is 9. The Morgan fingerprint density at radius 3 is 2.34 bits per heavy atom. The van der Waals surface area contributed by atoms with Crippen molar-refractivity contribution in [2.45, 2.75) is 20.3 Å². The first-order chi connectivity index (χ1) is 16.4. The van der Waals surface area contributed by atoms with Gasteiger partial charge in [0.05, 0.1) is 47.0 Å². The van der Waals surface area contributed by atoms with Crippen LogP contribution in [-0.2, 0) is 21.0 Å². The molecule has 0 fully saturated rings. The van der Waals surface area contributed by atoms with E-state index < -0.39 is 10.4 Å². The first-order valence-electron chi connectivity index (χ1n) is 10.9. The Morgan fingerprint density at radius 1 is 1.11 bits per heavy atom. The van der Waals surface area contributed by atoms with Gasteiger partial charge in [0.2, 0.25) is 15.5 Å². The smallest absolute Gasteiger partial charge is 0.249 e. The number of hydrogen-bond acceptors (Lipinski definition) is 10. The maximum absolute atomic E-state index is 9.22. The minimum Gasteiger partial charge on any atom is -0.726 e. The van der Waals surface area contributed by atoms with Crippen LogP contribution in [-0.4, -0.2) is 68.2 Å². The molecular weight excluding hydrogens is 488 g/mol. The van der Waals surface area contributed by atoms with Crippen LogP contribution in [0.5, 0.6) is 0 Å². The molecule has 0 saturated heterocycles. The van der Waals surface area contributed by atoms with E-state index in [4.69, 9.17) is 0 Å². The molecule has 0 spiro atoms. The summed E-state index contributed by atoms with van der Waals surface area (Å²) in [4.78, 5) is 4.48. The quantitative estimate of drug-likeness (QED) is 0.187. The van der Waals surface area contributed by atoms with Gasteiger partial charge in [0, 0.05) is 22.8 Å². The van der Waals surface area contributed by atoms with Crippen LogP contribution in [0.2, 0.25) is 0 Å². The maximum Gasteiger partial charge on any atom is 0.249 e. The summed E-state index contributed by atoms with van der Waals surface area (Å²) in [6.45, 7) is 6.27. The molecule has 12 heteroatoms. The Kier molecular flexibility index (Phi) is 10.4. The summed E-state index contributed by atoms with van der Waals surface area (Å²) in [5.41, 5.74) is 5.47. The number of azo groups is 1. The zero-order valence-electron chi connectivity index (χ0n) is 20.8. The van der Waals surface area contributed by atoms with Crippen molar-refractivity contribution < 1.29 is 21.6 Å². The van der Waals surface area contributed by atoms with Crippen molar-refractivity contribution in [3.8, 4) is 11.4 Å². The van der Waals surface area contributed by atoms with Crippen molar-refractivity contribution in [2.75, 3.05) is 46.7 Å². The van der Waals surface area contributed by atoms with E-state index in [9.17, 15) is 13.0 Å². The molecule has 3 aromatic rings. The molecule has 1 heterocycles. The van der Waals surface area contributed by atoms with Crippen molar-refractivity contribution in [1.82, 2.24) is 9.36 Å². The van der Waals surface area contributed by atoms with Crippen LogP contribution in [0.25, 0.3) is 11.4 Å². The molecule has 0 amide bonds. The molecular formula is C23H32N6O4S2. The molecule has 0 aliphatic rings. The van der Waals surface area contributed by atoms with Crippen LogP contribution < -0.4 is 5.32 Å². The van der Waals surface area contributed by atoms with E-state index in [1.165, 1.54) is 22.8 Å². The van der Waals surface area contributed by atoms with E-state index in [1.54, 1.807) is 0 Å². The molecule has 35 heavy (non-hydrogen) atoms. The van der Waals surface area contributed by atoms with Gasteiger partial charge in [0.15, 0.2) is 5.82 Å². The molecule has 1 aromatic heterocycles. The maximum atomic E-state index is 9.22. The normalized spacial score (nSPS) is 11.9. The van der Waals surface area contributed by atoms with Gasteiger partial charge in [-0.05, 0) is 36.6 Å². The van der Waals surface area contributed by atoms with Gasteiger partial charge in [-0.25, -0.2) is 8.42 Å². The highest BCUT2D eigenvalue weighted by atomic mass is 32.3. The monoisotopic (exact) mass is 520 g/mol. The second-order valence-corrected chi connectivity index (χ2v) is 10.5. The van der Waals surface area contributed by atoms with Gasteiger partial charge in [-0.1, -0.05) is 37.3 Å². The number of benzene rings is 2. The standard InChI is InChI=1S/C22H29N6S.CH4O4S/c1-6-18-16(2)19(12-13-20(18)23-14-15-28(3,4)5)25-26-22-24-21(27-29-22)17-10-8-7-9-11-17;1-5-6(2,3)4/h7-13,23H,6,14-15H2,1-5H3;1H3,(H,2,3,4)/q+1;/p-1. The van der Waals surface area contributed by atoms with E-state index in [1.807, 2.05) is 36.4 Å². The summed E-state index contributed by atoms with van der Waals surface area (Å²) in [5, 5.41) is 12.9. The fourth-order valence-corrected chi connectivity index (χ4v) is 3.58. The third kappa shape index (κ3) is 9.78. The third-order valence-corrected chi connectivity index (χ3v) is 5.92. The van der Waals surface area contributed by atoms with E-state index in [2.05, 4.69) is 70.1 Å². The Morgan fingerprint density at radius 2 is 1.77 bits per heavy atom. The van der Waals surface area contributed by atoms with E-state index >= 15 is 0 Å². The van der Waals surface area contributed by atoms with E-state index in [-0.39, 0.29) is 0 Å². The Labute approximate surface area is 211 Å². The SMILES string of the molecule is CCc1c(NCC[N+](C)(C)C)ccc(N=Nc2nc(-c3ccccc3)ns2)c1C.COS(=O)(=O)[O-]. The predicted molar refractivity (Wildman–Crippen MR) is 138 cm³/mol. The zero-order valence-corrected chi connectivity index (χ0v) is 22.5. The molecule has 190 valence electrons. The highest BCUT2D eigenvalue weighted by Gasteiger charge is 2.11.